The van der Waals surface area contributed by atoms with Crippen LogP contribution in [0.4, 0.5) is 20.6 Å². The Morgan fingerprint density at radius 2 is 1.73 bits per heavy atom. The molecule has 322 valence electrons. The summed E-state index contributed by atoms with van der Waals surface area (Å²) in [7, 11) is 0. The number of nitrogens with one attached hydrogen (secondary N) is 2. The van der Waals surface area contributed by atoms with E-state index in [1.165, 1.54) is 6.07 Å². The van der Waals surface area contributed by atoms with Gasteiger partial charge in [0, 0.05) is 85.1 Å². The van der Waals surface area contributed by atoms with Gasteiger partial charge in [-0.05, 0) is 80.3 Å². The number of anilines is 2. The van der Waals surface area contributed by atoms with Gasteiger partial charge in [0.2, 0.25) is 5.91 Å². The summed E-state index contributed by atoms with van der Waals surface area (Å²) < 4.78 is 24.5. The molecule has 5 heterocycles. The van der Waals surface area contributed by atoms with E-state index in [9.17, 15) is 24.8 Å². The van der Waals surface area contributed by atoms with Gasteiger partial charge in [0.25, 0.3) is 5.91 Å². The molecule has 1 aliphatic carbocycles. The summed E-state index contributed by atoms with van der Waals surface area (Å²) in [6, 6.07) is 19.3. The molecule has 1 saturated carbocycles. The Labute approximate surface area is 359 Å². The minimum Gasteiger partial charge on any atom is -0.488 e. The zero-order valence-corrected chi connectivity index (χ0v) is 35.5. The number of urea groups is 1. The molecule has 3 aromatic carbocycles. The molecule has 0 unspecified atom stereocenters. The molecule has 0 spiro atoms. The van der Waals surface area contributed by atoms with Gasteiger partial charge in [-0.2, -0.15) is 10.4 Å². The zero-order chi connectivity index (χ0) is 43.6. The van der Waals surface area contributed by atoms with E-state index in [1.54, 1.807) is 41.6 Å². The van der Waals surface area contributed by atoms with Gasteiger partial charge in [0.1, 0.15) is 23.7 Å². The van der Waals surface area contributed by atoms with Crippen LogP contribution < -0.4 is 25.2 Å². The maximum atomic E-state index is 15.8. The zero-order valence-electron chi connectivity index (χ0n) is 35.5. The van der Waals surface area contributed by atoms with E-state index in [0.717, 1.165) is 47.9 Å². The number of β-amino-alcohol motifs (C(OH)–C–C–N with tert-alkyl or cyclic N) is 1. The molecule has 3 saturated heterocycles. The minimum absolute atomic E-state index is 0.164. The molecule has 0 atom stereocenters. The van der Waals surface area contributed by atoms with Crippen LogP contribution in [0.1, 0.15) is 81.8 Å². The van der Waals surface area contributed by atoms with Crippen molar-refractivity contribution >= 4 is 51.0 Å². The monoisotopic (exact) mass is 841 g/mol. The summed E-state index contributed by atoms with van der Waals surface area (Å²) in [4.78, 5) is 48.2. The number of imide groups is 1. The van der Waals surface area contributed by atoms with Crippen LogP contribution in [0.25, 0.3) is 21.8 Å². The lowest BCUT2D eigenvalue weighted by atomic mass is 9.49. The van der Waals surface area contributed by atoms with E-state index >= 15 is 4.39 Å². The number of amides is 4. The van der Waals surface area contributed by atoms with Crippen molar-refractivity contribution in [1.29, 1.82) is 5.26 Å². The van der Waals surface area contributed by atoms with E-state index in [-0.39, 0.29) is 42.0 Å². The number of hydrogen-bond donors (Lipinski definition) is 3. The number of halogens is 1. The molecule has 14 nitrogen and oxygen atoms in total. The maximum Gasteiger partial charge on any atom is 0.328 e. The van der Waals surface area contributed by atoms with Crippen molar-refractivity contribution in [3.05, 3.63) is 90.0 Å². The fourth-order valence-corrected chi connectivity index (χ4v) is 10.8. The van der Waals surface area contributed by atoms with Crippen LogP contribution in [0.5, 0.6) is 5.75 Å². The summed E-state index contributed by atoms with van der Waals surface area (Å²) in [6.45, 7) is 11.6. The van der Waals surface area contributed by atoms with E-state index in [0.29, 0.717) is 61.5 Å². The highest BCUT2D eigenvalue weighted by Crippen LogP contribution is 2.56. The fraction of sp³-hybridized carbons (Fsp3) is 0.447. The van der Waals surface area contributed by atoms with Crippen LogP contribution in [0.2, 0.25) is 0 Å². The van der Waals surface area contributed by atoms with Gasteiger partial charge in [-0.25, -0.2) is 9.18 Å². The predicted octanol–water partition coefficient (Wildman–Crippen LogP) is 6.32. The average Bonchev–Trinajstić information content (AvgIpc) is 3.70. The van der Waals surface area contributed by atoms with Crippen molar-refractivity contribution in [2.45, 2.75) is 83.6 Å². The van der Waals surface area contributed by atoms with Gasteiger partial charge in [0.15, 0.2) is 0 Å². The lowest BCUT2D eigenvalue weighted by molar-refractivity contribution is -0.163. The maximum absolute atomic E-state index is 15.8. The summed E-state index contributed by atoms with van der Waals surface area (Å²) in [6.07, 6.45) is 6.11. The molecule has 9 rings (SSSR count). The number of carbonyl (C=O) groups excluding carboxylic acids is 3. The van der Waals surface area contributed by atoms with Crippen LogP contribution >= 0.6 is 0 Å². The molecule has 5 aromatic rings. The molecule has 4 amide bonds. The Bertz CT molecular complexity index is 2610. The van der Waals surface area contributed by atoms with Crippen LogP contribution in [-0.4, -0.2) is 99.6 Å². The molecule has 4 aliphatic rings. The number of hydrogen-bond acceptors (Lipinski definition) is 10. The fourth-order valence-electron chi connectivity index (χ4n) is 10.8. The number of carbonyl (C=O) groups is 3. The first-order valence-corrected chi connectivity index (χ1v) is 21.5. The Kier molecular flexibility index (Phi) is 10.4. The molecule has 3 N–H and O–H groups in total. The van der Waals surface area contributed by atoms with Crippen LogP contribution in [0.15, 0.2) is 73.1 Å². The molecule has 62 heavy (non-hydrogen) atoms. The Morgan fingerprint density at radius 3 is 2.44 bits per heavy atom. The quantitative estimate of drug-likeness (QED) is 0.153. The first kappa shape index (κ1) is 41.3. The van der Waals surface area contributed by atoms with E-state index in [2.05, 4.69) is 26.6 Å². The average molecular weight is 842 g/mol. The van der Waals surface area contributed by atoms with Crippen molar-refractivity contribution in [2.75, 3.05) is 49.1 Å². The number of ether oxygens (including phenoxy) is 1. The highest BCUT2D eigenvalue weighted by Gasteiger charge is 2.64. The number of rotatable bonds is 9. The number of aliphatic hydroxyl groups is 1. The number of nitrogens with zero attached hydrogens (tertiary/aromatic N) is 7. The SMILES string of the molecule is CC1(C)C(NC(=O)c2ccc(N3CCC(O)(CN4CCC(n5ncc6c(N7CCC(=O)NC7=O)cccc65)CC4)CC3)c(F)c2)C(C)(C)C1Oc1ccc(C#N)c2ncccc12. The molecule has 0 radical (unpaired) electrons. The lowest BCUT2D eigenvalue weighted by Crippen LogP contribution is -2.74. The third-order valence-electron chi connectivity index (χ3n) is 13.8. The van der Waals surface area contributed by atoms with E-state index < -0.39 is 28.3 Å². The molecule has 0 bridgehead atoms. The second-order valence-corrected chi connectivity index (χ2v) is 18.6. The largest absolute Gasteiger partial charge is 0.488 e. The van der Waals surface area contributed by atoms with Crippen molar-refractivity contribution in [3.63, 3.8) is 0 Å². The third-order valence-corrected chi connectivity index (χ3v) is 13.8. The Balaban J connectivity index is 0.779. The molecule has 15 heteroatoms. The van der Waals surface area contributed by atoms with Gasteiger partial charge >= 0.3 is 6.03 Å². The van der Waals surface area contributed by atoms with Gasteiger partial charge < -0.3 is 25.0 Å². The highest BCUT2D eigenvalue weighted by molar-refractivity contribution is 6.09. The topological polar surface area (TPSA) is 169 Å². The number of likely N-dealkylation sites (tertiary alicyclic amines) is 1. The number of pyridine rings is 1. The van der Waals surface area contributed by atoms with Gasteiger partial charge in [-0.1, -0.05) is 33.8 Å². The lowest BCUT2D eigenvalue weighted by Gasteiger charge is -2.63. The van der Waals surface area contributed by atoms with Gasteiger partial charge in [-0.15, -0.1) is 0 Å². The van der Waals surface area contributed by atoms with Crippen molar-refractivity contribution in [1.82, 2.24) is 30.3 Å². The van der Waals surface area contributed by atoms with Crippen molar-refractivity contribution in [3.8, 4) is 11.8 Å². The number of piperidine rings is 2. The third kappa shape index (κ3) is 7.28. The van der Waals surface area contributed by atoms with Crippen LogP contribution in [0, 0.1) is 28.0 Å². The van der Waals surface area contributed by atoms with Crippen LogP contribution in [0.3, 0.4) is 0 Å². The molecule has 4 fully saturated rings. The second kappa shape index (κ2) is 15.7. The minimum atomic E-state index is -0.905. The summed E-state index contributed by atoms with van der Waals surface area (Å²) in [5.74, 6) is -0.483. The smallest absolute Gasteiger partial charge is 0.328 e. The summed E-state index contributed by atoms with van der Waals surface area (Å²) >= 11 is 0. The number of benzene rings is 3. The highest BCUT2D eigenvalue weighted by atomic mass is 19.1. The van der Waals surface area contributed by atoms with Gasteiger partial charge in [-0.3, -0.25) is 29.5 Å². The second-order valence-electron chi connectivity index (χ2n) is 18.6. The number of aromatic nitrogens is 3. The van der Waals surface area contributed by atoms with Crippen molar-refractivity contribution < 1.29 is 28.6 Å². The molecule has 3 aliphatic heterocycles. The van der Waals surface area contributed by atoms with Crippen molar-refractivity contribution in [2.24, 2.45) is 10.8 Å². The predicted molar refractivity (Wildman–Crippen MR) is 232 cm³/mol. The first-order valence-electron chi connectivity index (χ1n) is 21.5. The van der Waals surface area contributed by atoms with Gasteiger partial charge in [0.05, 0.1) is 45.8 Å². The standard InChI is InChI=1S/C47H52FN9O5/c1-45(2)42(46(3,4)43(45)62-38-13-11-30(26-49)40-32(38)7-6-19-50-40)53-41(59)29-10-12-37(34(48)25-29)55-23-17-47(61,18-24-55)28-54-20-14-31(15-21-54)57-36-9-5-8-35(33(36)27-51-57)56-22-16-39(58)52-44(56)60/h5-13,19,25,27,31,42-43,61H,14-18,20-24,28H2,1-4H3,(H,53,59)(H,52,58,60). The molecular formula is C47H52FN9O5. The Hall–Kier alpha value is -6.11. The first-order chi connectivity index (χ1) is 29.7. The van der Waals surface area contributed by atoms with E-state index in [4.69, 9.17) is 9.84 Å². The van der Waals surface area contributed by atoms with Crippen LogP contribution in [-0.2, 0) is 4.79 Å². The molecular weight excluding hydrogens is 790 g/mol. The summed E-state index contributed by atoms with van der Waals surface area (Å²) in [5, 5.41) is 33.2. The number of fused-ring (bicyclic) bond motifs is 2. The molecule has 2 aromatic heterocycles. The number of nitriles is 1. The summed E-state index contributed by atoms with van der Waals surface area (Å²) in [5.41, 5.74) is 1.53. The van der Waals surface area contributed by atoms with E-state index in [1.807, 2.05) is 67.6 Å². The normalized spacial score (nSPS) is 22.5. The Morgan fingerprint density at radius 1 is 0.968 bits per heavy atom.